The van der Waals surface area contributed by atoms with E-state index in [2.05, 4.69) is 128 Å². The van der Waals surface area contributed by atoms with Crippen LogP contribution in [0.3, 0.4) is 0 Å². The van der Waals surface area contributed by atoms with Gasteiger partial charge in [0.15, 0.2) is 0 Å². The van der Waals surface area contributed by atoms with Crippen molar-refractivity contribution in [3.8, 4) is 28.3 Å². The van der Waals surface area contributed by atoms with Crippen LogP contribution in [0.4, 0.5) is 0 Å². The van der Waals surface area contributed by atoms with Gasteiger partial charge in [0.2, 0.25) is 0 Å². The summed E-state index contributed by atoms with van der Waals surface area (Å²) in [6.45, 7) is 9.07. The molecule has 1 radical (unpaired) electrons. The molecular weight excluding hydrogens is 815 g/mol. The molecule has 0 atom stereocenters. The van der Waals surface area contributed by atoms with Crippen LogP contribution in [-0.2, 0) is 20.1 Å². The Morgan fingerprint density at radius 1 is 0.766 bits per heavy atom. The minimum atomic E-state index is -2.02. The first-order valence-corrected chi connectivity index (χ1v) is 23.4. The SMILES string of the molecule is CC(C)c1cccc(C(C)C)c1-n1c(-c2[c-]oc3cc[c]([Ge]([CH3])([CH3])[CH3])cc23)nc2ccccc21.[Ir].[c-]1ccccc1-c1ccccn1. The number of imidazole rings is 1. The molecule has 0 saturated heterocycles. The van der Waals surface area contributed by atoms with E-state index in [0.717, 1.165) is 44.6 Å². The summed E-state index contributed by atoms with van der Waals surface area (Å²) in [6.07, 6.45) is 5.03. The predicted molar refractivity (Wildman–Crippen MR) is 195 cm³/mol. The number of hydrogen-bond donors (Lipinski definition) is 0. The second-order valence-corrected chi connectivity index (χ2v) is 24.0. The third-order valence-corrected chi connectivity index (χ3v) is 12.7. The second-order valence-electron chi connectivity index (χ2n) is 13.4. The van der Waals surface area contributed by atoms with Crippen LogP contribution < -0.4 is 4.40 Å². The first-order valence-electron chi connectivity index (χ1n) is 16.1. The van der Waals surface area contributed by atoms with E-state index in [4.69, 9.17) is 9.40 Å². The number of rotatable bonds is 6. The van der Waals surface area contributed by atoms with Crippen molar-refractivity contribution in [2.45, 2.75) is 56.8 Å². The minimum Gasteiger partial charge on any atom is -0.305 e. The van der Waals surface area contributed by atoms with Crippen molar-refractivity contribution in [1.29, 1.82) is 0 Å². The second kappa shape index (κ2) is 14.6. The van der Waals surface area contributed by atoms with Crippen LogP contribution in [0.2, 0.25) is 17.3 Å². The molecule has 3 heterocycles. The van der Waals surface area contributed by atoms with E-state index in [-0.39, 0.29) is 20.1 Å². The molecule has 0 saturated carbocycles. The molecule has 6 heteroatoms. The van der Waals surface area contributed by atoms with Gasteiger partial charge in [-0.3, -0.25) is 0 Å². The van der Waals surface area contributed by atoms with Gasteiger partial charge in [0.25, 0.3) is 0 Å². The first kappa shape index (κ1) is 34.6. The van der Waals surface area contributed by atoms with E-state index >= 15 is 0 Å². The Hall–Kier alpha value is -3.77. The molecule has 3 aromatic heterocycles. The van der Waals surface area contributed by atoms with Crippen LogP contribution in [0.5, 0.6) is 0 Å². The van der Waals surface area contributed by atoms with Gasteiger partial charge in [-0.2, -0.15) is 0 Å². The zero-order chi connectivity index (χ0) is 32.4. The predicted octanol–water partition coefficient (Wildman–Crippen LogP) is 10.6. The maximum atomic E-state index is 5.96. The van der Waals surface area contributed by atoms with Crippen molar-refractivity contribution >= 4 is 39.7 Å². The van der Waals surface area contributed by atoms with Crippen molar-refractivity contribution in [2.75, 3.05) is 0 Å². The van der Waals surface area contributed by atoms with Crippen LogP contribution in [-0.4, -0.2) is 27.8 Å². The smallest absolute Gasteiger partial charge is 0.0160 e. The fraction of sp³-hybridized carbons (Fsp3) is 0.220. The normalized spacial score (nSPS) is 11.5. The number of pyridine rings is 1. The van der Waals surface area contributed by atoms with E-state index in [9.17, 15) is 0 Å². The van der Waals surface area contributed by atoms with Gasteiger partial charge in [-0.1, -0.05) is 12.1 Å². The Morgan fingerprint density at radius 2 is 1.47 bits per heavy atom. The number of furan rings is 1. The van der Waals surface area contributed by atoms with E-state index in [1.807, 2.05) is 42.5 Å². The molecule has 0 aliphatic carbocycles. The largest absolute Gasteiger partial charge is 0.305 e. The van der Waals surface area contributed by atoms with Crippen LogP contribution >= 0.6 is 0 Å². The Morgan fingerprint density at radius 3 is 2.11 bits per heavy atom. The number of hydrogen-bond acceptors (Lipinski definition) is 3. The molecular formula is C41H41GeIrN3O-2. The molecule has 0 N–H and O–H groups in total. The van der Waals surface area contributed by atoms with Crippen LogP contribution in [0.25, 0.3) is 50.3 Å². The molecule has 0 aliphatic heterocycles. The Balaban J connectivity index is 0.000000280. The zero-order valence-electron chi connectivity index (χ0n) is 28.1. The van der Waals surface area contributed by atoms with Crippen LogP contribution in [0.1, 0.15) is 50.7 Å². The maximum absolute atomic E-state index is 5.96. The summed E-state index contributed by atoms with van der Waals surface area (Å²) in [5, 5.41) is 1.10. The topological polar surface area (TPSA) is 43.9 Å². The third kappa shape index (κ3) is 7.23. The summed E-state index contributed by atoms with van der Waals surface area (Å²) < 4.78 is 9.76. The molecule has 241 valence electrons. The van der Waals surface area contributed by atoms with Gasteiger partial charge in [-0.25, -0.2) is 0 Å². The zero-order valence-corrected chi connectivity index (χ0v) is 32.6. The molecule has 7 rings (SSSR count). The fourth-order valence-electron chi connectivity index (χ4n) is 5.87. The van der Waals surface area contributed by atoms with E-state index < -0.39 is 13.3 Å². The van der Waals surface area contributed by atoms with Crippen LogP contribution in [0, 0.1) is 12.3 Å². The minimum absolute atomic E-state index is 0. The number of benzene rings is 4. The summed E-state index contributed by atoms with van der Waals surface area (Å²) in [4.78, 5) is 9.38. The Bertz CT molecular complexity index is 2030. The number of nitrogens with zero attached hydrogens (tertiary/aromatic N) is 3. The summed E-state index contributed by atoms with van der Waals surface area (Å²) in [5.74, 6) is 8.94. The first-order chi connectivity index (χ1) is 22.1. The standard InChI is InChI=1S/C30H33GeN2O.C11H8N.Ir/c1-19(2)22-11-10-12-23(20(3)4)29(22)33-27-14-9-8-13-26(27)32-30(33)25-18-34-28-16-15-21(17-24(25)28)31(5,6)7;1-2-6-10(7-3-1)11-8-4-5-9-12-11;/h8-17,19-20H,1-7H3;1-6,8-9H;/q2*-1;. The summed E-state index contributed by atoms with van der Waals surface area (Å²) in [5.41, 5.74) is 9.80. The van der Waals surface area contributed by atoms with Crippen molar-refractivity contribution in [3.05, 3.63) is 133 Å². The van der Waals surface area contributed by atoms with Crippen molar-refractivity contribution in [1.82, 2.24) is 14.5 Å². The Kier molecular flexibility index (Phi) is 10.7. The fourth-order valence-corrected chi connectivity index (χ4v) is 8.31. The van der Waals surface area contributed by atoms with Crippen molar-refractivity contribution in [3.63, 3.8) is 0 Å². The van der Waals surface area contributed by atoms with Gasteiger partial charge in [-0.05, 0) is 11.8 Å². The third-order valence-electron chi connectivity index (χ3n) is 8.38. The van der Waals surface area contributed by atoms with Crippen molar-refractivity contribution < 1.29 is 24.5 Å². The average molecular weight is 857 g/mol. The van der Waals surface area contributed by atoms with E-state index in [1.165, 1.54) is 21.2 Å². The molecule has 0 bridgehead atoms. The summed E-state index contributed by atoms with van der Waals surface area (Å²) in [7, 11) is 0. The molecule has 4 nitrogen and oxygen atoms in total. The van der Waals surface area contributed by atoms with E-state index in [1.54, 1.807) is 6.20 Å². The molecule has 0 spiro atoms. The molecule has 0 unspecified atom stereocenters. The maximum Gasteiger partial charge on any atom is 0.0160 e. The van der Waals surface area contributed by atoms with E-state index in [0.29, 0.717) is 11.8 Å². The van der Waals surface area contributed by atoms with Crippen molar-refractivity contribution in [2.24, 2.45) is 0 Å². The summed E-state index contributed by atoms with van der Waals surface area (Å²) in [6, 6.07) is 38.6. The van der Waals surface area contributed by atoms with Gasteiger partial charge >= 0.3 is 206 Å². The summed E-state index contributed by atoms with van der Waals surface area (Å²) >= 11 is -2.02. The molecule has 0 fully saturated rings. The van der Waals surface area contributed by atoms with Crippen LogP contribution in [0.15, 0.2) is 114 Å². The molecule has 47 heavy (non-hydrogen) atoms. The number of fused-ring (bicyclic) bond motifs is 2. The van der Waals surface area contributed by atoms with Gasteiger partial charge in [0.05, 0.1) is 0 Å². The quantitative estimate of drug-likeness (QED) is 0.124. The average Bonchev–Trinajstić information content (AvgIpc) is 3.66. The molecule has 7 aromatic rings. The number of aromatic nitrogens is 3. The van der Waals surface area contributed by atoms with Gasteiger partial charge in [0.1, 0.15) is 0 Å². The molecule has 4 aromatic carbocycles. The Labute approximate surface area is 295 Å². The van der Waals surface area contributed by atoms with Gasteiger partial charge < -0.3 is 4.98 Å². The molecule has 0 amide bonds. The van der Waals surface area contributed by atoms with Gasteiger partial charge in [-0.15, -0.1) is 35.9 Å². The molecule has 0 aliphatic rings. The van der Waals surface area contributed by atoms with Gasteiger partial charge in [0, 0.05) is 26.3 Å². The monoisotopic (exact) mass is 858 g/mol. The number of para-hydroxylation sites is 3.